The number of methoxy groups -OCH3 is 1. The number of hydrogen-bond donors (Lipinski definition) is 1. The first kappa shape index (κ1) is 12.1. The summed E-state index contributed by atoms with van der Waals surface area (Å²) in [7, 11) is 1.33. The maximum Gasteiger partial charge on any atom is 0.173 e. The van der Waals surface area contributed by atoms with Gasteiger partial charge in [0.2, 0.25) is 0 Å². The van der Waals surface area contributed by atoms with Crippen molar-refractivity contribution in [2.45, 2.75) is 0 Å². The Morgan fingerprint density at radius 1 is 1.60 bits per heavy atom. The maximum absolute atomic E-state index is 13.3. The summed E-state index contributed by atoms with van der Waals surface area (Å²) in [5, 5.41) is 0.138. The summed E-state index contributed by atoms with van der Waals surface area (Å²) in [5.41, 5.74) is 5.70. The molecule has 2 N–H and O–H groups in total. The average Bonchev–Trinajstić information content (AvgIpc) is 2.17. The van der Waals surface area contributed by atoms with Crippen LogP contribution in [0.4, 0.5) is 10.1 Å². The van der Waals surface area contributed by atoms with Crippen LogP contribution in [0.3, 0.4) is 0 Å². The summed E-state index contributed by atoms with van der Waals surface area (Å²) in [6.45, 7) is 0. The lowest BCUT2D eigenvalue weighted by Crippen LogP contribution is -2.12. The summed E-state index contributed by atoms with van der Waals surface area (Å²) in [6, 6.07) is 2.62. The van der Waals surface area contributed by atoms with Crippen molar-refractivity contribution in [3.63, 3.8) is 0 Å². The second-order valence-corrected chi connectivity index (χ2v) is 3.35. The van der Waals surface area contributed by atoms with Gasteiger partial charge in [-0.05, 0) is 6.07 Å². The van der Waals surface area contributed by atoms with Gasteiger partial charge in [-0.2, -0.15) is 0 Å². The molecule has 0 saturated heterocycles. The van der Waals surface area contributed by atoms with E-state index in [9.17, 15) is 4.39 Å². The van der Waals surface area contributed by atoms with E-state index in [4.69, 9.17) is 33.7 Å². The van der Waals surface area contributed by atoms with Gasteiger partial charge >= 0.3 is 0 Å². The Balaban J connectivity index is 3.14. The Morgan fingerprint density at radius 3 is 2.73 bits per heavy atom. The molecule has 0 aliphatic carbocycles. The smallest absolute Gasteiger partial charge is 0.173 e. The molecule has 0 heterocycles. The van der Waals surface area contributed by atoms with Gasteiger partial charge in [-0.25, -0.2) is 9.38 Å². The minimum atomic E-state index is -0.592. The molecule has 0 bridgehead atoms. The van der Waals surface area contributed by atoms with Crippen molar-refractivity contribution >= 4 is 34.7 Å². The molecule has 0 aromatic heterocycles. The fraction of sp³-hybridized carbons (Fsp3) is 0.222. The van der Waals surface area contributed by atoms with E-state index in [2.05, 4.69) is 4.99 Å². The SMILES string of the molecule is COc1c(F)cc(N=C(N)CCl)cc1Cl. The molecule has 0 aliphatic heterocycles. The molecular formula is C9H9Cl2FN2O. The number of aliphatic imine (C=N–C) groups is 1. The third-order valence-electron chi connectivity index (χ3n) is 1.60. The van der Waals surface area contributed by atoms with E-state index in [1.54, 1.807) is 0 Å². The molecule has 15 heavy (non-hydrogen) atoms. The quantitative estimate of drug-likeness (QED) is 0.510. The van der Waals surface area contributed by atoms with Gasteiger partial charge in [0.25, 0.3) is 0 Å². The number of halogens is 3. The molecule has 0 unspecified atom stereocenters. The Kier molecular flexibility index (Phi) is 4.17. The van der Waals surface area contributed by atoms with Crippen LogP contribution in [0.5, 0.6) is 5.75 Å². The topological polar surface area (TPSA) is 47.6 Å². The van der Waals surface area contributed by atoms with Gasteiger partial charge in [0.1, 0.15) is 5.84 Å². The summed E-state index contributed by atoms with van der Waals surface area (Å²) in [5.74, 6) is -0.339. The van der Waals surface area contributed by atoms with Gasteiger partial charge < -0.3 is 10.5 Å². The van der Waals surface area contributed by atoms with Crippen LogP contribution in [0, 0.1) is 5.82 Å². The fourth-order valence-corrected chi connectivity index (χ4v) is 1.34. The maximum atomic E-state index is 13.3. The van der Waals surface area contributed by atoms with Crippen molar-refractivity contribution in [2.75, 3.05) is 13.0 Å². The molecular weight excluding hydrogens is 242 g/mol. The molecule has 0 aliphatic rings. The highest BCUT2D eigenvalue weighted by atomic mass is 35.5. The zero-order valence-corrected chi connectivity index (χ0v) is 9.44. The predicted molar refractivity (Wildman–Crippen MR) is 60.0 cm³/mol. The van der Waals surface area contributed by atoms with Gasteiger partial charge in [-0.15, -0.1) is 11.6 Å². The molecule has 0 atom stereocenters. The van der Waals surface area contributed by atoms with E-state index < -0.39 is 5.82 Å². The van der Waals surface area contributed by atoms with Crippen molar-refractivity contribution in [1.29, 1.82) is 0 Å². The zero-order chi connectivity index (χ0) is 11.4. The lowest BCUT2D eigenvalue weighted by Gasteiger charge is -2.05. The van der Waals surface area contributed by atoms with Gasteiger partial charge in [0.15, 0.2) is 11.6 Å². The van der Waals surface area contributed by atoms with Crippen LogP contribution < -0.4 is 10.5 Å². The van der Waals surface area contributed by atoms with Crippen molar-refractivity contribution in [2.24, 2.45) is 10.7 Å². The number of ether oxygens (including phenoxy) is 1. The normalized spacial score (nSPS) is 11.6. The van der Waals surface area contributed by atoms with E-state index >= 15 is 0 Å². The molecule has 1 aromatic rings. The minimum absolute atomic E-state index is 0.0138. The standard InChI is InChI=1S/C9H9Cl2FN2O/c1-15-9-6(11)2-5(3-7(9)12)14-8(13)4-10/h2-3H,4H2,1H3,(H2,13,14). The predicted octanol–water partition coefficient (Wildman–Crippen LogP) is 2.72. The lowest BCUT2D eigenvalue weighted by atomic mass is 10.3. The van der Waals surface area contributed by atoms with Gasteiger partial charge in [0.05, 0.1) is 23.7 Å². The van der Waals surface area contributed by atoms with Crippen LogP contribution in [0.2, 0.25) is 5.02 Å². The Hall–Kier alpha value is -1.00. The summed E-state index contributed by atoms with van der Waals surface area (Å²) in [4.78, 5) is 3.86. The number of amidine groups is 1. The second kappa shape index (κ2) is 5.19. The lowest BCUT2D eigenvalue weighted by molar-refractivity contribution is 0.387. The number of alkyl halides is 1. The highest BCUT2D eigenvalue weighted by Crippen LogP contribution is 2.32. The van der Waals surface area contributed by atoms with Crippen LogP contribution in [0.25, 0.3) is 0 Å². The van der Waals surface area contributed by atoms with E-state index in [0.717, 1.165) is 0 Å². The van der Waals surface area contributed by atoms with E-state index in [0.29, 0.717) is 5.69 Å². The van der Waals surface area contributed by atoms with Crippen molar-refractivity contribution in [3.05, 3.63) is 23.0 Å². The summed E-state index contributed by atoms with van der Waals surface area (Å²) < 4.78 is 18.1. The number of nitrogens with zero attached hydrogens (tertiary/aromatic N) is 1. The zero-order valence-electron chi connectivity index (χ0n) is 7.93. The van der Waals surface area contributed by atoms with Crippen LogP contribution >= 0.6 is 23.2 Å². The number of benzene rings is 1. The molecule has 0 spiro atoms. The Morgan fingerprint density at radius 2 is 2.27 bits per heavy atom. The Labute approximate surface area is 96.6 Å². The monoisotopic (exact) mass is 250 g/mol. The second-order valence-electron chi connectivity index (χ2n) is 2.68. The average molecular weight is 251 g/mol. The third kappa shape index (κ3) is 2.97. The molecule has 0 saturated carbocycles. The van der Waals surface area contributed by atoms with Gasteiger partial charge in [-0.3, -0.25) is 0 Å². The number of nitrogens with two attached hydrogens (primary N) is 1. The first-order valence-corrected chi connectivity index (χ1v) is 4.91. The number of rotatable bonds is 3. The molecule has 0 amide bonds. The highest BCUT2D eigenvalue weighted by Gasteiger charge is 2.09. The van der Waals surface area contributed by atoms with Crippen LogP contribution in [0.15, 0.2) is 17.1 Å². The van der Waals surface area contributed by atoms with Crippen molar-refractivity contribution in [1.82, 2.24) is 0 Å². The molecule has 3 nitrogen and oxygen atoms in total. The summed E-state index contributed by atoms with van der Waals surface area (Å²) >= 11 is 11.2. The van der Waals surface area contributed by atoms with Crippen LogP contribution in [-0.2, 0) is 0 Å². The van der Waals surface area contributed by atoms with Crippen molar-refractivity contribution in [3.8, 4) is 5.75 Å². The van der Waals surface area contributed by atoms with Gasteiger partial charge in [-0.1, -0.05) is 11.6 Å². The number of hydrogen-bond acceptors (Lipinski definition) is 2. The summed E-state index contributed by atoms with van der Waals surface area (Å²) in [6.07, 6.45) is 0. The molecule has 6 heteroatoms. The van der Waals surface area contributed by atoms with Crippen LogP contribution in [0.1, 0.15) is 0 Å². The molecule has 1 aromatic carbocycles. The first-order valence-electron chi connectivity index (χ1n) is 4.00. The minimum Gasteiger partial charge on any atom is -0.492 e. The van der Waals surface area contributed by atoms with E-state index in [1.807, 2.05) is 0 Å². The fourth-order valence-electron chi connectivity index (χ4n) is 1.00. The molecule has 0 fully saturated rings. The highest BCUT2D eigenvalue weighted by molar-refractivity contribution is 6.32. The van der Waals surface area contributed by atoms with E-state index in [1.165, 1.54) is 19.2 Å². The third-order valence-corrected chi connectivity index (χ3v) is 2.15. The van der Waals surface area contributed by atoms with Gasteiger partial charge in [0, 0.05) is 6.07 Å². The Bertz CT molecular complexity index is 373. The molecule has 82 valence electrons. The molecule has 1 rings (SSSR count). The first-order chi connectivity index (χ1) is 7.08. The molecule has 0 radical (unpaired) electrons. The van der Waals surface area contributed by atoms with Crippen molar-refractivity contribution < 1.29 is 9.13 Å². The largest absolute Gasteiger partial charge is 0.492 e. The van der Waals surface area contributed by atoms with E-state index in [-0.39, 0.29) is 22.5 Å². The van der Waals surface area contributed by atoms with Crippen LogP contribution in [-0.4, -0.2) is 18.8 Å².